The van der Waals surface area contributed by atoms with Crippen LogP contribution in [0.15, 0.2) is 0 Å². The van der Waals surface area contributed by atoms with Crippen LogP contribution in [0.2, 0.25) is 0 Å². The number of carbonyl (C=O) groups excluding carboxylic acids is 2. The van der Waals surface area contributed by atoms with Gasteiger partial charge in [0.2, 0.25) is 6.04 Å². The van der Waals surface area contributed by atoms with E-state index in [0.29, 0.717) is 19.4 Å². The number of nitrogens with zero attached hydrogens (tertiary/aromatic N) is 1. The molecular formula is C17H23NO4. The maximum Gasteiger partial charge on any atom is 0.320 e. The minimum Gasteiger partial charge on any atom is -0.465 e. The summed E-state index contributed by atoms with van der Waals surface area (Å²) in [6.07, 6.45) is 2.63. The maximum absolute atomic E-state index is 12.3. The summed E-state index contributed by atoms with van der Waals surface area (Å²) >= 11 is 0. The Morgan fingerprint density at radius 3 is 2.77 bits per heavy atom. The van der Waals surface area contributed by atoms with E-state index < -0.39 is 16.9 Å². The summed E-state index contributed by atoms with van der Waals surface area (Å²) in [6.45, 7) is 13.7. The quantitative estimate of drug-likeness (QED) is 0.594. The molecule has 1 saturated heterocycles. The van der Waals surface area contributed by atoms with E-state index in [1.54, 1.807) is 0 Å². The van der Waals surface area contributed by atoms with Gasteiger partial charge in [-0.2, -0.15) is 0 Å². The Morgan fingerprint density at radius 2 is 2.23 bits per heavy atom. The second kappa shape index (κ2) is 4.97. The first kappa shape index (κ1) is 15.3. The molecule has 2 bridgehead atoms. The van der Waals surface area contributed by atoms with E-state index in [-0.39, 0.29) is 29.9 Å². The molecule has 5 nitrogen and oxygen atoms in total. The normalized spacial score (nSPS) is 39.8. The number of hydrogen-bond acceptors (Lipinski definition) is 4. The third kappa shape index (κ3) is 1.89. The Labute approximate surface area is 131 Å². The van der Waals surface area contributed by atoms with Crippen molar-refractivity contribution in [3.63, 3.8) is 0 Å². The highest BCUT2D eigenvalue weighted by molar-refractivity contribution is 5.82. The van der Waals surface area contributed by atoms with Crippen molar-refractivity contribution in [2.24, 2.45) is 22.7 Å². The molecule has 0 amide bonds. The summed E-state index contributed by atoms with van der Waals surface area (Å²) < 4.78 is 10.9. The van der Waals surface area contributed by atoms with E-state index in [1.807, 2.05) is 20.8 Å². The molecule has 2 aliphatic carbocycles. The van der Waals surface area contributed by atoms with Crippen molar-refractivity contribution in [2.45, 2.75) is 58.6 Å². The fourth-order valence-corrected chi connectivity index (χ4v) is 4.38. The lowest BCUT2D eigenvalue weighted by molar-refractivity contribution is -0.165. The van der Waals surface area contributed by atoms with Crippen molar-refractivity contribution in [3.05, 3.63) is 11.4 Å². The average molecular weight is 305 g/mol. The van der Waals surface area contributed by atoms with Crippen LogP contribution in [0.3, 0.4) is 0 Å². The van der Waals surface area contributed by atoms with Crippen LogP contribution in [0, 0.1) is 29.2 Å². The number of ether oxygens (including phenoxy) is 2. The second-order valence-corrected chi connectivity index (χ2v) is 7.51. The summed E-state index contributed by atoms with van der Waals surface area (Å²) in [4.78, 5) is 28.3. The summed E-state index contributed by atoms with van der Waals surface area (Å²) in [5, 5.41) is 0. The zero-order valence-electron chi connectivity index (χ0n) is 13.4. The van der Waals surface area contributed by atoms with Crippen LogP contribution in [-0.2, 0) is 19.1 Å². The predicted molar refractivity (Wildman–Crippen MR) is 78.6 cm³/mol. The summed E-state index contributed by atoms with van der Waals surface area (Å²) in [5.41, 5.74) is -1.13. The van der Waals surface area contributed by atoms with E-state index >= 15 is 0 Å². The molecule has 0 aromatic rings. The molecule has 0 N–H and O–H groups in total. The topological polar surface area (TPSA) is 57.0 Å². The van der Waals surface area contributed by atoms with Crippen LogP contribution in [0.5, 0.6) is 0 Å². The number of cyclic esters (lactones) is 1. The zero-order chi connectivity index (χ0) is 16.1. The van der Waals surface area contributed by atoms with Crippen LogP contribution >= 0.6 is 0 Å². The van der Waals surface area contributed by atoms with Gasteiger partial charge in [-0.15, -0.1) is 0 Å². The number of hydrogen-bond donors (Lipinski definition) is 0. The van der Waals surface area contributed by atoms with Gasteiger partial charge in [0.1, 0.15) is 11.5 Å². The Balaban J connectivity index is 1.78. The van der Waals surface area contributed by atoms with Gasteiger partial charge in [-0.1, -0.05) is 6.92 Å². The Morgan fingerprint density at radius 1 is 1.50 bits per heavy atom. The lowest BCUT2D eigenvalue weighted by Crippen LogP contribution is -2.48. The van der Waals surface area contributed by atoms with Crippen molar-refractivity contribution >= 4 is 11.9 Å². The lowest BCUT2D eigenvalue weighted by atomic mass is 9.68. The lowest BCUT2D eigenvalue weighted by Gasteiger charge is -2.35. The van der Waals surface area contributed by atoms with Crippen LogP contribution in [0.1, 0.15) is 46.5 Å². The third-order valence-corrected chi connectivity index (χ3v) is 6.18. The number of rotatable bonds is 3. The number of esters is 2. The molecule has 22 heavy (non-hydrogen) atoms. The van der Waals surface area contributed by atoms with Gasteiger partial charge in [-0.3, -0.25) is 9.59 Å². The summed E-state index contributed by atoms with van der Waals surface area (Å²) in [6, 6.07) is -0.399. The van der Waals surface area contributed by atoms with E-state index in [4.69, 9.17) is 16.0 Å². The van der Waals surface area contributed by atoms with Gasteiger partial charge in [0.15, 0.2) is 0 Å². The van der Waals surface area contributed by atoms with Crippen LogP contribution in [0.4, 0.5) is 0 Å². The fourth-order valence-electron chi connectivity index (χ4n) is 4.38. The van der Waals surface area contributed by atoms with Crippen LogP contribution in [-0.4, -0.2) is 30.7 Å². The smallest absolute Gasteiger partial charge is 0.320 e. The highest BCUT2D eigenvalue weighted by atomic mass is 16.5. The number of fused-ring (bicyclic) bond motifs is 3. The van der Waals surface area contributed by atoms with Gasteiger partial charge in [0, 0.05) is 6.42 Å². The maximum atomic E-state index is 12.3. The summed E-state index contributed by atoms with van der Waals surface area (Å²) in [7, 11) is 0. The van der Waals surface area contributed by atoms with Crippen molar-refractivity contribution in [1.29, 1.82) is 0 Å². The highest BCUT2D eigenvalue weighted by Gasteiger charge is 2.72. The van der Waals surface area contributed by atoms with Crippen molar-refractivity contribution in [2.75, 3.05) is 6.61 Å². The van der Waals surface area contributed by atoms with E-state index in [9.17, 15) is 9.59 Å². The first-order valence-electron chi connectivity index (χ1n) is 8.11. The van der Waals surface area contributed by atoms with Gasteiger partial charge < -0.3 is 14.3 Å². The largest absolute Gasteiger partial charge is 0.465 e. The number of carbonyl (C=O) groups is 2. The first-order chi connectivity index (χ1) is 10.4. The van der Waals surface area contributed by atoms with Crippen molar-refractivity contribution in [3.8, 4) is 0 Å². The molecule has 1 heterocycles. The monoisotopic (exact) mass is 305 g/mol. The van der Waals surface area contributed by atoms with Crippen LogP contribution < -0.4 is 0 Å². The van der Waals surface area contributed by atoms with E-state index in [0.717, 1.165) is 12.8 Å². The molecule has 3 rings (SSSR count). The molecule has 0 aromatic heterocycles. The first-order valence-corrected chi connectivity index (χ1v) is 8.11. The molecule has 2 saturated carbocycles. The fraction of sp³-hybridized carbons (Fsp3) is 0.824. The average Bonchev–Trinajstić information content (AvgIpc) is 3.14. The minimum absolute atomic E-state index is 0.0234. The Hall–Kier alpha value is -1.57. The van der Waals surface area contributed by atoms with E-state index in [2.05, 4.69) is 4.85 Å². The van der Waals surface area contributed by atoms with Gasteiger partial charge in [0.05, 0.1) is 17.9 Å². The molecule has 120 valence electrons. The Kier molecular flexibility index (Phi) is 3.47. The third-order valence-electron chi connectivity index (χ3n) is 6.18. The van der Waals surface area contributed by atoms with Gasteiger partial charge in [0.25, 0.3) is 0 Å². The van der Waals surface area contributed by atoms with Gasteiger partial charge >= 0.3 is 11.9 Å². The molecule has 1 aliphatic heterocycles. The molecule has 0 radical (unpaired) electrons. The zero-order valence-corrected chi connectivity index (χ0v) is 13.4. The van der Waals surface area contributed by atoms with Crippen molar-refractivity contribution in [1.82, 2.24) is 0 Å². The second-order valence-electron chi connectivity index (χ2n) is 7.51. The molecule has 0 aromatic carbocycles. The van der Waals surface area contributed by atoms with Crippen molar-refractivity contribution < 1.29 is 19.1 Å². The van der Waals surface area contributed by atoms with Gasteiger partial charge in [-0.05, 0) is 39.0 Å². The van der Waals surface area contributed by atoms with Crippen LogP contribution in [0.25, 0.3) is 4.85 Å². The molecule has 3 aliphatic rings. The molecular weight excluding hydrogens is 282 g/mol. The highest BCUT2D eigenvalue weighted by Crippen LogP contribution is 2.61. The Bertz CT molecular complexity index is 549. The summed E-state index contributed by atoms with van der Waals surface area (Å²) in [5.74, 6) is -0.308. The molecule has 5 atom stereocenters. The molecule has 3 fully saturated rings. The predicted octanol–water partition coefficient (Wildman–Crippen LogP) is 2.60. The standard InChI is InChI=1S/C17H23NO4/c1-5-16(2,3)14(19)22-12-9-10-8-11(12)13(18-4)17(10)6-7-21-15(17)20/h10-13H,5-9H2,1-3H3. The molecule has 1 spiro atoms. The molecule has 5 heteroatoms. The van der Waals surface area contributed by atoms with Gasteiger partial charge in [-0.25, -0.2) is 6.57 Å². The SMILES string of the molecule is [C-]#[N+]C1C2CC(CC2OC(=O)C(C)(C)CC)C12CCOC2=O. The van der Waals surface area contributed by atoms with E-state index in [1.165, 1.54) is 0 Å². The molecule has 5 unspecified atom stereocenters. The minimum atomic E-state index is -0.629.